The van der Waals surface area contributed by atoms with Crippen molar-refractivity contribution in [2.45, 2.75) is 44.6 Å². The van der Waals surface area contributed by atoms with Gasteiger partial charge < -0.3 is 15.5 Å². The summed E-state index contributed by atoms with van der Waals surface area (Å²) in [6.45, 7) is 2.68. The Kier molecular flexibility index (Phi) is 6.79. The predicted octanol–water partition coefficient (Wildman–Crippen LogP) is 3.70. The molecule has 2 unspecified atom stereocenters. The zero-order valence-corrected chi connectivity index (χ0v) is 16.3. The maximum absolute atomic E-state index is 12.8. The van der Waals surface area contributed by atoms with Crippen LogP contribution in [0.2, 0.25) is 10.0 Å². The molecule has 0 spiro atoms. The number of benzene rings is 1. The van der Waals surface area contributed by atoms with Crippen molar-refractivity contribution in [3.8, 4) is 0 Å². The van der Waals surface area contributed by atoms with E-state index in [9.17, 15) is 9.59 Å². The first-order valence-electron chi connectivity index (χ1n) is 9.30. The molecule has 1 aromatic rings. The zero-order valence-electron chi connectivity index (χ0n) is 14.8. The molecule has 142 valence electrons. The number of hydrogen-bond acceptors (Lipinski definition) is 3. The van der Waals surface area contributed by atoms with Gasteiger partial charge in [0.1, 0.15) is 6.04 Å². The predicted molar refractivity (Wildman–Crippen MR) is 105 cm³/mol. The summed E-state index contributed by atoms with van der Waals surface area (Å²) < 4.78 is 0. The molecular weight excluding hydrogens is 373 g/mol. The zero-order chi connectivity index (χ0) is 18.5. The summed E-state index contributed by atoms with van der Waals surface area (Å²) in [5, 5.41) is 7.10. The van der Waals surface area contributed by atoms with E-state index >= 15 is 0 Å². The molecule has 2 atom stereocenters. The average molecular weight is 398 g/mol. The number of carbonyl (C=O) groups is 2. The van der Waals surface area contributed by atoms with Gasteiger partial charge in [0.15, 0.2) is 0 Å². The van der Waals surface area contributed by atoms with Gasteiger partial charge in [-0.05, 0) is 69.3 Å². The quantitative estimate of drug-likeness (QED) is 0.795. The van der Waals surface area contributed by atoms with E-state index < -0.39 is 6.04 Å². The molecule has 0 bridgehead atoms. The van der Waals surface area contributed by atoms with Gasteiger partial charge in [0, 0.05) is 18.0 Å². The topological polar surface area (TPSA) is 61.4 Å². The van der Waals surface area contributed by atoms with Crippen molar-refractivity contribution < 1.29 is 9.59 Å². The molecule has 1 aromatic carbocycles. The van der Waals surface area contributed by atoms with Crippen LogP contribution < -0.4 is 10.6 Å². The van der Waals surface area contributed by atoms with E-state index in [4.69, 9.17) is 23.2 Å². The first kappa shape index (κ1) is 19.5. The maximum Gasteiger partial charge on any atom is 0.247 e. The highest BCUT2D eigenvalue weighted by Gasteiger charge is 2.32. The molecule has 2 saturated heterocycles. The Morgan fingerprint density at radius 2 is 2.08 bits per heavy atom. The summed E-state index contributed by atoms with van der Waals surface area (Å²) in [4.78, 5) is 27.2. The summed E-state index contributed by atoms with van der Waals surface area (Å²) in [5.74, 6) is 0.479. The lowest BCUT2D eigenvalue weighted by Gasteiger charge is -2.35. The van der Waals surface area contributed by atoms with Gasteiger partial charge in [0.25, 0.3) is 0 Å². The molecular formula is C19H25Cl2N3O2. The lowest BCUT2D eigenvalue weighted by atomic mass is 9.98. The van der Waals surface area contributed by atoms with E-state index in [0.29, 0.717) is 41.0 Å². The van der Waals surface area contributed by atoms with E-state index in [1.165, 1.54) is 0 Å². The number of anilines is 1. The Labute approximate surface area is 164 Å². The summed E-state index contributed by atoms with van der Waals surface area (Å²) >= 11 is 12.0. The number of likely N-dealkylation sites (tertiary alicyclic amines) is 1. The van der Waals surface area contributed by atoms with E-state index in [2.05, 4.69) is 10.6 Å². The lowest BCUT2D eigenvalue weighted by Crippen LogP contribution is -2.50. The minimum absolute atomic E-state index is 0.0824. The second-order valence-corrected chi connectivity index (χ2v) is 7.95. The van der Waals surface area contributed by atoms with Crippen LogP contribution in [-0.4, -0.2) is 42.4 Å². The number of hydrogen-bond donors (Lipinski definition) is 2. The molecule has 2 amide bonds. The molecule has 0 aromatic heterocycles. The third-order valence-corrected chi connectivity index (χ3v) is 5.79. The fourth-order valence-corrected chi connectivity index (χ4v) is 4.20. The van der Waals surface area contributed by atoms with Gasteiger partial charge in [-0.1, -0.05) is 23.2 Å². The number of nitrogens with zero attached hydrogens (tertiary/aromatic N) is 1. The van der Waals surface area contributed by atoms with Crippen molar-refractivity contribution in [2.24, 2.45) is 5.92 Å². The normalized spacial score (nSPS) is 23.1. The Hall–Kier alpha value is -1.30. The van der Waals surface area contributed by atoms with Gasteiger partial charge >= 0.3 is 0 Å². The van der Waals surface area contributed by atoms with Gasteiger partial charge in [0.2, 0.25) is 11.8 Å². The van der Waals surface area contributed by atoms with Crippen molar-refractivity contribution in [2.75, 3.05) is 25.0 Å². The summed E-state index contributed by atoms with van der Waals surface area (Å²) in [5.41, 5.74) is 0.524. The number of piperidine rings is 1. The van der Waals surface area contributed by atoms with Gasteiger partial charge in [0.05, 0.1) is 10.7 Å². The summed E-state index contributed by atoms with van der Waals surface area (Å²) in [6, 6.07) is 4.54. The van der Waals surface area contributed by atoms with Crippen molar-refractivity contribution >= 4 is 40.7 Å². The molecule has 7 heteroatoms. The third kappa shape index (κ3) is 4.90. The molecule has 5 nitrogen and oxygen atoms in total. The first-order valence-corrected chi connectivity index (χ1v) is 10.1. The van der Waals surface area contributed by atoms with E-state index in [1.54, 1.807) is 23.1 Å². The van der Waals surface area contributed by atoms with Crippen LogP contribution in [0.5, 0.6) is 0 Å². The summed E-state index contributed by atoms with van der Waals surface area (Å²) in [6.07, 6.45) is 5.11. The average Bonchev–Trinajstić information content (AvgIpc) is 3.15. The second kappa shape index (κ2) is 9.07. The minimum atomic E-state index is -0.426. The number of halogens is 2. The van der Waals surface area contributed by atoms with Crippen molar-refractivity contribution in [1.82, 2.24) is 10.2 Å². The van der Waals surface area contributed by atoms with Crippen LogP contribution >= 0.6 is 23.2 Å². The van der Waals surface area contributed by atoms with E-state index in [-0.39, 0.29) is 11.8 Å². The van der Waals surface area contributed by atoms with Crippen molar-refractivity contribution in [3.05, 3.63) is 28.2 Å². The molecule has 0 saturated carbocycles. The molecule has 2 N–H and O–H groups in total. The Morgan fingerprint density at radius 3 is 2.81 bits per heavy atom. The standard InChI is InChI=1S/C19H25Cl2N3O2/c20-14-5-6-16(15(21)11-14)23-19(26)17-3-1-2-10-24(17)18(25)7-4-13-8-9-22-12-13/h5-6,11,13,17,22H,1-4,7-10,12H2,(H,23,26). The van der Waals surface area contributed by atoms with Crippen molar-refractivity contribution in [1.29, 1.82) is 0 Å². The third-order valence-electron chi connectivity index (χ3n) is 5.24. The molecule has 0 radical (unpaired) electrons. The van der Waals surface area contributed by atoms with Crippen LogP contribution in [-0.2, 0) is 9.59 Å². The lowest BCUT2D eigenvalue weighted by molar-refractivity contribution is -0.140. The highest BCUT2D eigenvalue weighted by molar-refractivity contribution is 6.36. The van der Waals surface area contributed by atoms with Gasteiger partial charge in [-0.25, -0.2) is 0 Å². The van der Waals surface area contributed by atoms with Gasteiger partial charge in [-0.3, -0.25) is 9.59 Å². The molecule has 26 heavy (non-hydrogen) atoms. The van der Waals surface area contributed by atoms with Gasteiger partial charge in [-0.2, -0.15) is 0 Å². The monoisotopic (exact) mass is 397 g/mol. The fraction of sp³-hybridized carbons (Fsp3) is 0.579. The minimum Gasteiger partial charge on any atom is -0.331 e. The van der Waals surface area contributed by atoms with E-state index in [0.717, 1.165) is 38.8 Å². The molecule has 2 heterocycles. The Bertz CT molecular complexity index is 662. The van der Waals surface area contributed by atoms with Crippen LogP contribution in [0.15, 0.2) is 18.2 Å². The molecule has 2 fully saturated rings. The summed E-state index contributed by atoms with van der Waals surface area (Å²) in [7, 11) is 0. The van der Waals surface area contributed by atoms with Gasteiger partial charge in [-0.15, -0.1) is 0 Å². The Morgan fingerprint density at radius 1 is 1.23 bits per heavy atom. The van der Waals surface area contributed by atoms with Crippen LogP contribution in [0.3, 0.4) is 0 Å². The number of amides is 2. The highest BCUT2D eigenvalue weighted by Crippen LogP contribution is 2.27. The van der Waals surface area contributed by atoms with Crippen molar-refractivity contribution in [3.63, 3.8) is 0 Å². The smallest absolute Gasteiger partial charge is 0.247 e. The van der Waals surface area contributed by atoms with E-state index in [1.807, 2.05) is 0 Å². The molecule has 2 aliphatic rings. The highest BCUT2D eigenvalue weighted by atomic mass is 35.5. The number of carbonyl (C=O) groups excluding carboxylic acids is 2. The fourth-order valence-electron chi connectivity index (χ4n) is 3.74. The van der Waals surface area contributed by atoms with Crippen LogP contribution in [0.4, 0.5) is 5.69 Å². The molecule has 0 aliphatic carbocycles. The first-order chi connectivity index (χ1) is 12.5. The Balaban J connectivity index is 1.61. The van der Waals surface area contributed by atoms with Crippen LogP contribution in [0, 0.1) is 5.92 Å². The number of rotatable bonds is 5. The van der Waals surface area contributed by atoms with Crippen LogP contribution in [0.25, 0.3) is 0 Å². The maximum atomic E-state index is 12.8. The second-order valence-electron chi connectivity index (χ2n) is 7.11. The largest absolute Gasteiger partial charge is 0.331 e. The SMILES string of the molecule is O=C(Nc1ccc(Cl)cc1Cl)C1CCCCN1C(=O)CCC1CCNC1. The molecule has 3 rings (SSSR count). The number of nitrogens with one attached hydrogen (secondary N) is 2. The van der Waals surface area contributed by atoms with Crippen LogP contribution in [0.1, 0.15) is 38.5 Å². The molecule has 2 aliphatic heterocycles.